The largest absolute Gasteiger partial charge is 0.497 e. The van der Waals surface area contributed by atoms with Crippen LogP contribution >= 0.6 is 0 Å². The lowest BCUT2D eigenvalue weighted by molar-refractivity contribution is 0.415. The average Bonchev–Trinajstić information content (AvgIpc) is 2.48. The number of ether oxygens (including phenoxy) is 1. The lowest BCUT2D eigenvalue weighted by atomic mass is 10.2. The molecular formula is C15H12N2O3. The van der Waals surface area contributed by atoms with E-state index in [4.69, 9.17) is 9.15 Å². The first-order chi connectivity index (χ1) is 9.76. The second-order valence-electron chi connectivity index (χ2n) is 4.17. The molecule has 0 fully saturated rings. The van der Waals surface area contributed by atoms with E-state index in [0.717, 1.165) is 11.4 Å². The van der Waals surface area contributed by atoms with Gasteiger partial charge in [0.2, 0.25) is 0 Å². The van der Waals surface area contributed by atoms with Gasteiger partial charge in [0.1, 0.15) is 11.3 Å². The van der Waals surface area contributed by atoms with Crippen molar-refractivity contribution in [3.63, 3.8) is 0 Å². The molecule has 3 aromatic rings. The molecule has 0 saturated heterocycles. The number of nitrogens with one attached hydrogen (secondary N) is 1. The van der Waals surface area contributed by atoms with Crippen LogP contribution in [0.4, 0.5) is 11.7 Å². The summed E-state index contributed by atoms with van der Waals surface area (Å²) >= 11 is 0. The van der Waals surface area contributed by atoms with Gasteiger partial charge in [-0.25, -0.2) is 0 Å². The molecule has 0 bridgehead atoms. The molecule has 100 valence electrons. The first kappa shape index (κ1) is 12.2. The van der Waals surface area contributed by atoms with Crippen LogP contribution in [0, 0.1) is 0 Å². The fraction of sp³-hybridized carbons (Fsp3) is 0.0667. The monoisotopic (exact) mass is 268 g/mol. The van der Waals surface area contributed by atoms with Crippen LogP contribution in [-0.2, 0) is 0 Å². The van der Waals surface area contributed by atoms with Gasteiger partial charge in [0, 0.05) is 5.69 Å². The van der Waals surface area contributed by atoms with Crippen molar-refractivity contribution in [2.24, 2.45) is 0 Å². The second kappa shape index (κ2) is 5.05. The summed E-state index contributed by atoms with van der Waals surface area (Å²) in [5.74, 6) is 0.753. The fourth-order valence-electron chi connectivity index (χ4n) is 1.86. The molecule has 5 nitrogen and oxygen atoms in total. The van der Waals surface area contributed by atoms with E-state index in [0.29, 0.717) is 11.0 Å². The van der Waals surface area contributed by atoms with Gasteiger partial charge >= 0.3 is 6.01 Å². The summed E-state index contributed by atoms with van der Waals surface area (Å²) in [7, 11) is 1.60. The van der Waals surface area contributed by atoms with Crippen molar-refractivity contribution in [2.75, 3.05) is 12.4 Å². The molecule has 0 radical (unpaired) electrons. The van der Waals surface area contributed by atoms with Crippen LogP contribution < -0.4 is 15.6 Å². The molecule has 1 N–H and O–H groups in total. The molecule has 1 aromatic heterocycles. The summed E-state index contributed by atoms with van der Waals surface area (Å²) in [6, 6.07) is 14.4. The van der Waals surface area contributed by atoms with E-state index in [9.17, 15) is 4.79 Å². The smallest absolute Gasteiger partial charge is 0.303 e. The lowest BCUT2D eigenvalue weighted by Crippen LogP contribution is -2.08. The fourth-order valence-corrected chi connectivity index (χ4v) is 1.86. The van der Waals surface area contributed by atoms with E-state index in [1.54, 1.807) is 25.3 Å². The van der Waals surface area contributed by atoms with Gasteiger partial charge in [0.05, 0.1) is 12.5 Å². The number of aromatic nitrogens is 1. The van der Waals surface area contributed by atoms with Crippen LogP contribution in [0.3, 0.4) is 0 Å². The minimum Gasteiger partial charge on any atom is -0.497 e. The van der Waals surface area contributed by atoms with Crippen molar-refractivity contribution in [2.45, 2.75) is 0 Å². The highest BCUT2D eigenvalue weighted by Gasteiger charge is 2.05. The van der Waals surface area contributed by atoms with Gasteiger partial charge in [-0.05, 0) is 36.4 Å². The zero-order chi connectivity index (χ0) is 13.9. The number of hydrogen-bond acceptors (Lipinski definition) is 5. The summed E-state index contributed by atoms with van der Waals surface area (Å²) in [6.45, 7) is 0. The van der Waals surface area contributed by atoms with Gasteiger partial charge in [0.15, 0.2) is 0 Å². The standard InChI is InChI=1S/C15H12N2O3/c1-19-11-8-6-10(7-9-11)16-15-17-14(18)12-4-2-3-5-13(12)20-15/h2-9H,1H3,(H,16,17,18). The predicted octanol–water partition coefficient (Wildman–Crippen LogP) is 2.94. The molecule has 1 heterocycles. The topological polar surface area (TPSA) is 64.4 Å². The second-order valence-corrected chi connectivity index (χ2v) is 4.17. The Bertz CT molecular complexity index is 794. The minimum absolute atomic E-state index is 0.166. The lowest BCUT2D eigenvalue weighted by Gasteiger charge is -2.06. The number of hydrogen-bond donors (Lipinski definition) is 1. The highest BCUT2D eigenvalue weighted by molar-refractivity contribution is 5.76. The molecule has 0 atom stereocenters. The van der Waals surface area contributed by atoms with Crippen molar-refractivity contribution in [1.29, 1.82) is 0 Å². The quantitative estimate of drug-likeness (QED) is 0.791. The zero-order valence-corrected chi connectivity index (χ0v) is 10.8. The molecule has 0 spiro atoms. The summed E-state index contributed by atoms with van der Waals surface area (Å²) in [4.78, 5) is 15.7. The van der Waals surface area contributed by atoms with Crippen molar-refractivity contribution >= 4 is 22.7 Å². The van der Waals surface area contributed by atoms with E-state index in [-0.39, 0.29) is 11.6 Å². The summed E-state index contributed by atoms with van der Waals surface area (Å²) < 4.78 is 10.6. The number of fused-ring (bicyclic) bond motifs is 1. The third-order valence-electron chi connectivity index (χ3n) is 2.87. The Morgan fingerprint density at radius 2 is 1.85 bits per heavy atom. The van der Waals surface area contributed by atoms with E-state index in [1.807, 2.05) is 30.3 Å². The first-order valence-corrected chi connectivity index (χ1v) is 6.07. The van der Waals surface area contributed by atoms with Crippen LogP contribution in [0.15, 0.2) is 57.7 Å². The van der Waals surface area contributed by atoms with Gasteiger partial charge in [-0.3, -0.25) is 4.79 Å². The molecule has 0 unspecified atom stereocenters. The Kier molecular flexibility index (Phi) is 3.09. The Balaban J connectivity index is 1.96. The number of para-hydroxylation sites is 1. The van der Waals surface area contributed by atoms with Crippen molar-refractivity contribution in [3.8, 4) is 5.75 Å². The highest BCUT2D eigenvalue weighted by Crippen LogP contribution is 2.20. The third-order valence-corrected chi connectivity index (χ3v) is 2.87. The predicted molar refractivity (Wildman–Crippen MR) is 76.6 cm³/mol. The van der Waals surface area contributed by atoms with Crippen molar-refractivity contribution < 1.29 is 9.15 Å². The molecule has 0 amide bonds. The van der Waals surface area contributed by atoms with Crippen molar-refractivity contribution in [1.82, 2.24) is 4.98 Å². The number of anilines is 2. The molecule has 5 heteroatoms. The molecule has 2 aromatic carbocycles. The van der Waals surface area contributed by atoms with Crippen LogP contribution in [0.2, 0.25) is 0 Å². The number of benzene rings is 2. The van der Waals surface area contributed by atoms with Gasteiger partial charge < -0.3 is 14.5 Å². The van der Waals surface area contributed by atoms with Gasteiger partial charge in [0.25, 0.3) is 5.56 Å². The maximum absolute atomic E-state index is 11.9. The van der Waals surface area contributed by atoms with E-state index in [1.165, 1.54) is 0 Å². The van der Waals surface area contributed by atoms with Crippen LogP contribution in [0.5, 0.6) is 5.75 Å². The molecular weight excluding hydrogens is 256 g/mol. The Morgan fingerprint density at radius 1 is 1.10 bits per heavy atom. The summed E-state index contributed by atoms with van der Waals surface area (Å²) in [6.07, 6.45) is 0. The third kappa shape index (κ3) is 2.33. The Labute approximate surface area is 114 Å². The van der Waals surface area contributed by atoms with Gasteiger partial charge in [-0.1, -0.05) is 12.1 Å². The van der Waals surface area contributed by atoms with E-state index >= 15 is 0 Å². The Morgan fingerprint density at radius 3 is 2.60 bits per heavy atom. The zero-order valence-electron chi connectivity index (χ0n) is 10.8. The number of nitrogens with zero attached hydrogens (tertiary/aromatic N) is 1. The molecule has 3 rings (SSSR count). The average molecular weight is 268 g/mol. The normalized spacial score (nSPS) is 10.4. The van der Waals surface area contributed by atoms with Gasteiger partial charge in [-0.2, -0.15) is 4.98 Å². The highest BCUT2D eigenvalue weighted by atomic mass is 16.5. The molecule has 0 aliphatic heterocycles. The number of methoxy groups -OCH3 is 1. The summed E-state index contributed by atoms with van der Waals surface area (Å²) in [5.41, 5.74) is 0.947. The first-order valence-electron chi connectivity index (χ1n) is 6.07. The maximum Gasteiger partial charge on any atom is 0.303 e. The van der Waals surface area contributed by atoms with Crippen LogP contribution in [-0.4, -0.2) is 12.1 Å². The van der Waals surface area contributed by atoms with Crippen LogP contribution in [0.25, 0.3) is 11.0 Å². The SMILES string of the molecule is COc1ccc(Nc2nc(=O)c3ccccc3o2)cc1. The Hall–Kier alpha value is -2.82. The maximum atomic E-state index is 11.9. The van der Waals surface area contributed by atoms with Gasteiger partial charge in [-0.15, -0.1) is 0 Å². The molecule has 0 aliphatic carbocycles. The molecule has 20 heavy (non-hydrogen) atoms. The minimum atomic E-state index is -0.317. The number of rotatable bonds is 3. The molecule has 0 aliphatic rings. The molecule has 0 saturated carbocycles. The van der Waals surface area contributed by atoms with Crippen molar-refractivity contribution in [3.05, 3.63) is 58.9 Å². The summed E-state index contributed by atoms with van der Waals surface area (Å²) in [5, 5.41) is 3.42. The van der Waals surface area contributed by atoms with Crippen LogP contribution in [0.1, 0.15) is 0 Å². The van der Waals surface area contributed by atoms with E-state index in [2.05, 4.69) is 10.3 Å². The van der Waals surface area contributed by atoms with E-state index < -0.39 is 0 Å².